The fourth-order valence-electron chi connectivity index (χ4n) is 1.08. The molecule has 7 heteroatoms. The number of ether oxygens (including phenoxy) is 1. The van der Waals surface area contributed by atoms with E-state index in [1.807, 2.05) is 0 Å². The van der Waals surface area contributed by atoms with Crippen molar-refractivity contribution in [1.29, 1.82) is 0 Å². The lowest BCUT2D eigenvalue weighted by Crippen LogP contribution is -2.07. The van der Waals surface area contributed by atoms with Crippen molar-refractivity contribution < 1.29 is 18.8 Å². The van der Waals surface area contributed by atoms with Crippen molar-refractivity contribution in [2.75, 3.05) is 7.11 Å². The lowest BCUT2D eigenvalue weighted by atomic mass is 10.1. The van der Waals surface area contributed by atoms with Crippen molar-refractivity contribution in [2.45, 2.75) is 6.42 Å². The molecule has 0 spiro atoms. The topological polar surface area (TPSA) is 69.4 Å². The van der Waals surface area contributed by atoms with Gasteiger partial charge in [-0.25, -0.2) is 4.39 Å². The van der Waals surface area contributed by atoms with Crippen LogP contribution in [0.15, 0.2) is 16.6 Å². The molecule has 0 amide bonds. The summed E-state index contributed by atoms with van der Waals surface area (Å²) in [6, 6.07) is 2.32. The monoisotopic (exact) mass is 291 g/mol. The molecule has 1 aromatic carbocycles. The van der Waals surface area contributed by atoms with E-state index in [-0.39, 0.29) is 22.1 Å². The molecule has 0 fully saturated rings. The molecule has 5 nitrogen and oxygen atoms in total. The van der Waals surface area contributed by atoms with Crippen molar-refractivity contribution in [1.82, 2.24) is 0 Å². The van der Waals surface area contributed by atoms with Crippen LogP contribution < -0.4 is 0 Å². The Balaban J connectivity index is 3.12. The second kappa shape index (κ2) is 5.02. The number of esters is 1. The fourth-order valence-corrected chi connectivity index (χ4v) is 1.62. The number of benzene rings is 1. The maximum absolute atomic E-state index is 13.6. The lowest BCUT2D eigenvalue weighted by Gasteiger charge is -2.04. The number of hydrogen-bond donors (Lipinski definition) is 0. The first-order valence-corrected chi connectivity index (χ1v) is 4.94. The Bertz CT molecular complexity index is 449. The summed E-state index contributed by atoms with van der Waals surface area (Å²) >= 11 is 2.77. The molecule has 0 heterocycles. The molecule has 0 unspecified atom stereocenters. The number of rotatable bonds is 3. The average molecular weight is 292 g/mol. The lowest BCUT2D eigenvalue weighted by molar-refractivity contribution is -0.385. The van der Waals surface area contributed by atoms with E-state index >= 15 is 0 Å². The van der Waals surface area contributed by atoms with Crippen LogP contribution in [-0.4, -0.2) is 18.0 Å². The van der Waals surface area contributed by atoms with E-state index in [1.54, 1.807) is 0 Å². The summed E-state index contributed by atoms with van der Waals surface area (Å²) < 4.78 is 17.7. The molecule has 0 saturated carbocycles. The summed E-state index contributed by atoms with van der Waals surface area (Å²) in [6.07, 6.45) is -0.265. The van der Waals surface area contributed by atoms with E-state index in [4.69, 9.17) is 0 Å². The van der Waals surface area contributed by atoms with Crippen LogP contribution in [-0.2, 0) is 16.0 Å². The zero-order valence-electron chi connectivity index (χ0n) is 8.20. The first-order chi connectivity index (χ1) is 7.47. The molecule has 16 heavy (non-hydrogen) atoms. The van der Waals surface area contributed by atoms with Gasteiger partial charge < -0.3 is 4.74 Å². The first kappa shape index (κ1) is 12.6. The molecule has 0 aliphatic rings. The van der Waals surface area contributed by atoms with Crippen molar-refractivity contribution in [3.8, 4) is 0 Å². The summed E-state index contributed by atoms with van der Waals surface area (Å²) in [5, 5.41) is 10.5. The van der Waals surface area contributed by atoms with Crippen LogP contribution >= 0.6 is 15.9 Å². The standard InChI is InChI=1S/C9H7BrFNO4/c1-16-7(13)4-5-2-3-6(12(14)15)8(10)9(5)11/h2-3H,4H2,1H3. The summed E-state index contributed by atoms with van der Waals surface area (Å²) in [4.78, 5) is 20.7. The number of nitro groups is 1. The maximum atomic E-state index is 13.6. The Morgan fingerprint density at radius 1 is 1.62 bits per heavy atom. The largest absolute Gasteiger partial charge is 0.469 e. The van der Waals surface area contributed by atoms with Crippen molar-refractivity contribution >= 4 is 27.6 Å². The highest BCUT2D eigenvalue weighted by Gasteiger charge is 2.20. The van der Waals surface area contributed by atoms with Crippen LogP contribution in [0, 0.1) is 15.9 Å². The number of nitro benzene ring substituents is 1. The number of carbonyl (C=O) groups excluding carboxylic acids is 1. The second-order valence-corrected chi connectivity index (χ2v) is 3.67. The van der Waals surface area contributed by atoms with E-state index in [0.29, 0.717) is 0 Å². The smallest absolute Gasteiger partial charge is 0.310 e. The van der Waals surface area contributed by atoms with Crippen molar-refractivity contribution in [2.24, 2.45) is 0 Å². The summed E-state index contributed by atoms with van der Waals surface area (Å²) in [7, 11) is 1.18. The molecule has 0 aliphatic carbocycles. The Kier molecular flexibility index (Phi) is 3.94. The Hall–Kier alpha value is -1.50. The number of halogens is 2. The number of hydrogen-bond acceptors (Lipinski definition) is 4. The zero-order valence-corrected chi connectivity index (χ0v) is 9.78. The van der Waals surface area contributed by atoms with Crippen LogP contribution in [0.25, 0.3) is 0 Å². The van der Waals surface area contributed by atoms with E-state index in [9.17, 15) is 19.3 Å². The second-order valence-electron chi connectivity index (χ2n) is 2.88. The Morgan fingerprint density at radius 2 is 2.25 bits per heavy atom. The highest BCUT2D eigenvalue weighted by Crippen LogP contribution is 2.29. The van der Waals surface area contributed by atoms with Gasteiger partial charge in [0.05, 0.1) is 18.5 Å². The van der Waals surface area contributed by atoms with Crippen molar-refractivity contribution in [3.63, 3.8) is 0 Å². The predicted octanol–water partition coefficient (Wildman–Crippen LogP) is 2.21. The van der Waals surface area contributed by atoms with E-state index in [1.165, 1.54) is 13.2 Å². The minimum atomic E-state index is -0.820. The van der Waals surface area contributed by atoms with E-state index < -0.39 is 16.7 Å². The van der Waals surface area contributed by atoms with Crippen molar-refractivity contribution in [3.05, 3.63) is 38.1 Å². The molecule has 0 N–H and O–H groups in total. The Labute approximate surface area is 98.5 Å². The van der Waals surface area contributed by atoms with Crippen LogP contribution in [0.4, 0.5) is 10.1 Å². The third kappa shape index (κ3) is 2.54. The van der Waals surface area contributed by atoms with Gasteiger partial charge in [-0.05, 0) is 22.0 Å². The van der Waals surface area contributed by atoms with E-state index in [0.717, 1.165) is 6.07 Å². The maximum Gasteiger partial charge on any atom is 0.310 e. The molecule has 0 aromatic heterocycles. The molecule has 0 bridgehead atoms. The highest BCUT2D eigenvalue weighted by atomic mass is 79.9. The van der Waals surface area contributed by atoms with Gasteiger partial charge in [-0.15, -0.1) is 0 Å². The summed E-state index contributed by atoms with van der Waals surface area (Å²) in [5.74, 6) is -1.43. The number of methoxy groups -OCH3 is 1. The van der Waals surface area contributed by atoms with Crippen LogP contribution in [0.3, 0.4) is 0 Å². The normalized spacial score (nSPS) is 9.94. The fraction of sp³-hybridized carbons (Fsp3) is 0.222. The van der Waals surface area contributed by atoms with Gasteiger partial charge in [0.1, 0.15) is 10.3 Å². The van der Waals surface area contributed by atoms with Gasteiger partial charge in [0.25, 0.3) is 5.69 Å². The molecule has 86 valence electrons. The van der Waals surface area contributed by atoms with Gasteiger partial charge in [0.15, 0.2) is 0 Å². The van der Waals surface area contributed by atoms with Crippen LogP contribution in [0.2, 0.25) is 0 Å². The predicted molar refractivity (Wildman–Crippen MR) is 56.5 cm³/mol. The molecule has 1 aromatic rings. The average Bonchev–Trinajstić information content (AvgIpc) is 2.24. The first-order valence-electron chi connectivity index (χ1n) is 4.15. The molecule has 1 rings (SSSR count). The summed E-state index contributed by atoms with van der Waals surface area (Å²) in [5.41, 5.74) is -0.338. The molecule has 0 saturated heterocycles. The van der Waals surface area contributed by atoms with E-state index in [2.05, 4.69) is 20.7 Å². The van der Waals surface area contributed by atoms with Gasteiger partial charge in [-0.3, -0.25) is 14.9 Å². The molecule has 0 atom stereocenters. The molecular formula is C9H7BrFNO4. The van der Waals surface area contributed by atoms with Crippen LogP contribution in [0.5, 0.6) is 0 Å². The van der Waals surface area contributed by atoms with Gasteiger partial charge in [0, 0.05) is 11.6 Å². The minimum Gasteiger partial charge on any atom is -0.469 e. The van der Waals surface area contributed by atoms with Gasteiger partial charge in [-0.1, -0.05) is 0 Å². The SMILES string of the molecule is COC(=O)Cc1ccc([N+](=O)[O-])c(Br)c1F. The molecule has 0 aliphatic heterocycles. The molecular weight excluding hydrogens is 285 g/mol. The van der Waals surface area contributed by atoms with Crippen LogP contribution in [0.1, 0.15) is 5.56 Å². The molecule has 0 radical (unpaired) electrons. The highest BCUT2D eigenvalue weighted by molar-refractivity contribution is 9.10. The number of carbonyl (C=O) groups is 1. The Morgan fingerprint density at radius 3 is 2.75 bits per heavy atom. The minimum absolute atomic E-state index is 0.0457. The van der Waals surface area contributed by atoms with Gasteiger partial charge in [0.2, 0.25) is 0 Å². The van der Waals surface area contributed by atoms with Gasteiger partial charge in [-0.2, -0.15) is 0 Å². The van der Waals surface area contributed by atoms with Gasteiger partial charge >= 0.3 is 5.97 Å². The third-order valence-electron chi connectivity index (χ3n) is 1.90. The quantitative estimate of drug-likeness (QED) is 0.486. The zero-order chi connectivity index (χ0) is 12.3. The third-order valence-corrected chi connectivity index (χ3v) is 2.66. The summed E-state index contributed by atoms with van der Waals surface area (Å²) in [6.45, 7) is 0. The number of nitrogens with zero attached hydrogens (tertiary/aromatic N) is 1.